The number of rotatable bonds is 0. The molecule has 2 radical (unpaired) electrons. The molecule has 1 rings (SSSR count). The Hall–Kier alpha value is 2.48. The van der Waals surface area contributed by atoms with Crippen LogP contribution in [0.5, 0.6) is 0 Å². The van der Waals surface area contributed by atoms with Crippen molar-refractivity contribution in [1.29, 1.82) is 0 Å². The molecule has 1 aromatic rings. The van der Waals surface area contributed by atoms with E-state index >= 15 is 0 Å². The molecule has 0 unspecified atom stereocenters. The van der Waals surface area contributed by atoms with Crippen LogP contribution in [0.25, 0.3) is 0 Å². The van der Waals surface area contributed by atoms with Crippen molar-refractivity contribution in [2.75, 3.05) is 0 Å². The normalized spacial score (nSPS) is 5.45. The number of benzene rings is 1. The molecule has 0 amide bonds. The number of hydrogen-bond acceptors (Lipinski definition) is 0. The van der Waals surface area contributed by atoms with Crippen LogP contribution in [0.4, 0.5) is 0 Å². The molecule has 0 heterocycles. The first kappa shape index (κ1) is 23.4. The van der Waals surface area contributed by atoms with E-state index in [0.717, 1.165) is 5.46 Å². The molecule has 0 aliphatic heterocycles. The molecule has 0 aliphatic carbocycles. The van der Waals surface area contributed by atoms with Crippen LogP contribution in [-0.2, 0) is 0 Å². The molecule has 0 spiro atoms. The maximum Gasteiger partial charge on any atom is 1.00 e. The van der Waals surface area contributed by atoms with Gasteiger partial charge in [-0.2, -0.15) is 0 Å². The minimum absolute atomic E-state index is 0. The Morgan fingerprint density at radius 2 is 1.27 bits per heavy atom. The Morgan fingerprint density at radius 3 is 1.45 bits per heavy atom. The largest absolute Gasteiger partial charge is 1.00 e. The Kier molecular flexibility index (Phi) is 31.8. The monoisotopic (exact) mass is 204 g/mol. The zero-order chi connectivity index (χ0) is 5.11. The second kappa shape index (κ2) is 15.0. The maximum absolute atomic E-state index is 5.36. The van der Waals surface area contributed by atoms with E-state index in [2.05, 4.69) is 0 Å². The molecule has 0 aliphatic rings. The first-order chi connectivity index (χ1) is 3.39. The van der Waals surface area contributed by atoms with Crippen LogP contribution in [0.15, 0.2) is 30.3 Å². The van der Waals surface area contributed by atoms with Crippen molar-refractivity contribution in [3.05, 3.63) is 30.3 Å². The van der Waals surface area contributed by atoms with Gasteiger partial charge < -0.3 is 13.8 Å². The molecule has 1 aromatic carbocycles. The van der Waals surface area contributed by atoms with Gasteiger partial charge in [0, 0.05) is 0 Å². The van der Waals surface area contributed by atoms with Crippen molar-refractivity contribution >= 4 is 13.3 Å². The fourth-order valence-corrected chi connectivity index (χ4v) is 0.453. The van der Waals surface area contributed by atoms with Gasteiger partial charge in [-0.15, -0.1) is 0 Å². The van der Waals surface area contributed by atoms with Gasteiger partial charge in [0.15, 0.2) is 0 Å². The molecule has 0 saturated heterocycles. The summed E-state index contributed by atoms with van der Waals surface area (Å²) in [4.78, 5) is 0. The fourth-order valence-electron chi connectivity index (χ4n) is 0.453. The average molecular weight is 204 g/mol. The topological polar surface area (TPSA) is 63.0 Å². The summed E-state index contributed by atoms with van der Waals surface area (Å²) in [6.45, 7) is 0. The van der Waals surface area contributed by atoms with Gasteiger partial charge in [0.2, 0.25) is 0 Å². The molecule has 0 aromatic heterocycles. The van der Waals surface area contributed by atoms with Crippen molar-refractivity contribution in [3.63, 3.8) is 0 Å². The second-order valence-electron chi connectivity index (χ2n) is 1.41. The molecular formula is C6H11BK2O2. The summed E-state index contributed by atoms with van der Waals surface area (Å²) in [6.07, 6.45) is 0. The van der Waals surface area contributed by atoms with Crippen molar-refractivity contribution in [2.45, 2.75) is 0 Å². The van der Waals surface area contributed by atoms with Gasteiger partial charge in [-0.1, -0.05) is 35.8 Å². The average Bonchev–Trinajstić information content (AvgIpc) is 1.69. The third kappa shape index (κ3) is 12.5. The predicted molar refractivity (Wildman–Crippen MR) is 41.3 cm³/mol. The third-order valence-corrected chi connectivity index (χ3v) is 0.800. The standard InChI is InChI=1S/C6H5B.2K.2H2O.2H/c7-6-4-2-1-3-5-6;;;;;;/h1-5H;;;2*1H2;;/q;2*+1;;;2*-1. The Morgan fingerprint density at radius 1 is 0.909 bits per heavy atom. The summed E-state index contributed by atoms with van der Waals surface area (Å²) in [5, 5.41) is 0. The van der Waals surface area contributed by atoms with E-state index in [1.54, 1.807) is 0 Å². The summed E-state index contributed by atoms with van der Waals surface area (Å²) < 4.78 is 0. The summed E-state index contributed by atoms with van der Waals surface area (Å²) in [5.41, 5.74) is 0.822. The van der Waals surface area contributed by atoms with Crippen LogP contribution in [0.3, 0.4) is 0 Å². The van der Waals surface area contributed by atoms with Gasteiger partial charge in [-0.3, -0.25) is 0 Å². The first-order valence-corrected chi connectivity index (χ1v) is 2.20. The molecule has 52 valence electrons. The third-order valence-electron chi connectivity index (χ3n) is 0.800. The van der Waals surface area contributed by atoms with Crippen LogP contribution < -0.4 is 108 Å². The molecular weight excluding hydrogens is 193 g/mol. The van der Waals surface area contributed by atoms with E-state index in [9.17, 15) is 0 Å². The van der Waals surface area contributed by atoms with Crippen LogP contribution in [0, 0.1) is 0 Å². The molecule has 4 N–H and O–H groups in total. The zero-order valence-electron chi connectivity index (χ0n) is 8.96. The molecule has 2 nitrogen and oxygen atoms in total. The van der Waals surface area contributed by atoms with Crippen molar-refractivity contribution in [3.8, 4) is 0 Å². The second-order valence-corrected chi connectivity index (χ2v) is 1.41. The predicted octanol–water partition coefficient (Wildman–Crippen LogP) is -6.94. The Labute approximate surface area is 156 Å². The molecule has 0 bridgehead atoms. The number of hydrogen-bond donors (Lipinski definition) is 0. The fraction of sp³-hybridized carbons (Fsp3) is 0. The van der Waals surface area contributed by atoms with Gasteiger partial charge in [-0.05, 0) is 0 Å². The zero-order valence-corrected chi connectivity index (χ0v) is 13.2. The van der Waals surface area contributed by atoms with Crippen LogP contribution in [0.1, 0.15) is 2.85 Å². The van der Waals surface area contributed by atoms with Crippen molar-refractivity contribution < 1.29 is 117 Å². The van der Waals surface area contributed by atoms with E-state index in [-0.39, 0.29) is 117 Å². The van der Waals surface area contributed by atoms with E-state index in [1.807, 2.05) is 30.3 Å². The minimum atomic E-state index is 0. The molecule has 11 heavy (non-hydrogen) atoms. The van der Waals surface area contributed by atoms with Crippen LogP contribution in [-0.4, -0.2) is 18.8 Å². The van der Waals surface area contributed by atoms with Gasteiger partial charge in [0.25, 0.3) is 0 Å². The molecule has 5 heteroatoms. The van der Waals surface area contributed by atoms with E-state index < -0.39 is 0 Å². The molecule has 0 saturated carbocycles. The summed E-state index contributed by atoms with van der Waals surface area (Å²) >= 11 is 0. The minimum Gasteiger partial charge on any atom is -1.00 e. The molecule has 0 fully saturated rings. The summed E-state index contributed by atoms with van der Waals surface area (Å²) in [6, 6.07) is 9.49. The van der Waals surface area contributed by atoms with Gasteiger partial charge >= 0.3 is 103 Å². The van der Waals surface area contributed by atoms with E-state index in [1.165, 1.54) is 0 Å². The van der Waals surface area contributed by atoms with Crippen LogP contribution >= 0.6 is 0 Å². The summed E-state index contributed by atoms with van der Waals surface area (Å²) in [7, 11) is 5.36. The van der Waals surface area contributed by atoms with Crippen LogP contribution in [0.2, 0.25) is 0 Å². The van der Waals surface area contributed by atoms with E-state index in [4.69, 9.17) is 7.85 Å². The smallest absolute Gasteiger partial charge is 1.00 e. The van der Waals surface area contributed by atoms with Gasteiger partial charge in [-0.25, -0.2) is 0 Å². The van der Waals surface area contributed by atoms with Crippen molar-refractivity contribution in [2.24, 2.45) is 0 Å². The van der Waals surface area contributed by atoms with Crippen molar-refractivity contribution in [1.82, 2.24) is 0 Å². The Bertz CT molecular complexity index is 157. The van der Waals surface area contributed by atoms with Gasteiger partial charge in [0.1, 0.15) is 7.85 Å². The quantitative estimate of drug-likeness (QED) is 0.377. The van der Waals surface area contributed by atoms with Gasteiger partial charge in [0.05, 0.1) is 0 Å². The maximum atomic E-state index is 5.36. The molecule has 0 atom stereocenters. The summed E-state index contributed by atoms with van der Waals surface area (Å²) in [5.74, 6) is 0. The SMILES string of the molecule is O.O.[B]c1ccccc1.[H-].[H-].[K+].[K+]. The first-order valence-electron chi connectivity index (χ1n) is 2.20. The Balaban J connectivity index is -0.0000000204. The van der Waals surface area contributed by atoms with E-state index in [0.29, 0.717) is 0 Å².